The fourth-order valence-electron chi connectivity index (χ4n) is 2.10. The van der Waals surface area contributed by atoms with Crippen LogP contribution >= 0.6 is 0 Å². The standard InChI is InChI=1S/C19H22N2O4/c1-4-24-18-10-15(7-8-16(18)22)11-20-21-19(23)12-25-17-9-13(2)5-6-14(17)3/h5-11,22H,4,12H2,1-3H3,(H,21,23)/b20-11+. The van der Waals surface area contributed by atoms with E-state index in [9.17, 15) is 9.90 Å². The first-order valence-electron chi connectivity index (χ1n) is 7.97. The fraction of sp³-hybridized carbons (Fsp3) is 0.263. The summed E-state index contributed by atoms with van der Waals surface area (Å²) in [7, 11) is 0. The van der Waals surface area contributed by atoms with Crippen LogP contribution in [0.5, 0.6) is 17.2 Å². The lowest BCUT2D eigenvalue weighted by Gasteiger charge is -2.09. The van der Waals surface area contributed by atoms with Crippen LogP contribution in [-0.4, -0.2) is 30.4 Å². The molecule has 0 aliphatic heterocycles. The molecule has 2 N–H and O–H groups in total. The third-order valence-electron chi connectivity index (χ3n) is 3.39. The van der Waals surface area contributed by atoms with Crippen LogP contribution in [0.25, 0.3) is 0 Å². The number of carbonyl (C=O) groups is 1. The van der Waals surface area contributed by atoms with Gasteiger partial charge in [0.25, 0.3) is 5.91 Å². The smallest absolute Gasteiger partial charge is 0.277 e. The van der Waals surface area contributed by atoms with Gasteiger partial charge in [-0.15, -0.1) is 0 Å². The summed E-state index contributed by atoms with van der Waals surface area (Å²) in [4.78, 5) is 11.8. The van der Waals surface area contributed by atoms with Gasteiger partial charge in [-0.2, -0.15) is 5.10 Å². The number of hydrogen-bond acceptors (Lipinski definition) is 5. The molecule has 0 radical (unpaired) electrons. The van der Waals surface area contributed by atoms with Crippen LogP contribution in [-0.2, 0) is 4.79 Å². The van der Waals surface area contributed by atoms with E-state index in [0.29, 0.717) is 23.7 Å². The number of phenols is 1. The van der Waals surface area contributed by atoms with Crippen LogP contribution in [0, 0.1) is 13.8 Å². The van der Waals surface area contributed by atoms with Gasteiger partial charge >= 0.3 is 0 Å². The van der Waals surface area contributed by atoms with Crippen molar-refractivity contribution in [3.05, 3.63) is 53.1 Å². The zero-order chi connectivity index (χ0) is 18.2. The van der Waals surface area contributed by atoms with Crippen LogP contribution in [0.4, 0.5) is 0 Å². The van der Waals surface area contributed by atoms with Gasteiger partial charge in [-0.3, -0.25) is 4.79 Å². The van der Waals surface area contributed by atoms with Crippen molar-refractivity contribution in [2.75, 3.05) is 13.2 Å². The summed E-state index contributed by atoms with van der Waals surface area (Å²) in [6, 6.07) is 10.6. The van der Waals surface area contributed by atoms with Gasteiger partial charge in [-0.05, 0) is 61.7 Å². The van der Waals surface area contributed by atoms with E-state index in [1.807, 2.05) is 39.0 Å². The maximum atomic E-state index is 11.8. The van der Waals surface area contributed by atoms with Gasteiger partial charge in [-0.25, -0.2) is 5.43 Å². The molecular formula is C19H22N2O4. The first-order valence-corrected chi connectivity index (χ1v) is 7.97. The minimum atomic E-state index is -0.360. The summed E-state index contributed by atoms with van der Waals surface area (Å²) in [5.74, 6) is 0.751. The van der Waals surface area contributed by atoms with Crippen molar-refractivity contribution in [1.29, 1.82) is 0 Å². The molecule has 0 aromatic heterocycles. The van der Waals surface area contributed by atoms with Gasteiger partial charge < -0.3 is 14.6 Å². The average molecular weight is 342 g/mol. The van der Waals surface area contributed by atoms with Crippen molar-refractivity contribution in [2.24, 2.45) is 5.10 Å². The molecule has 1 amide bonds. The molecule has 0 saturated heterocycles. The molecule has 0 bridgehead atoms. The summed E-state index contributed by atoms with van der Waals surface area (Å²) in [5, 5.41) is 13.5. The lowest BCUT2D eigenvalue weighted by atomic mass is 10.1. The van der Waals surface area contributed by atoms with E-state index in [0.717, 1.165) is 11.1 Å². The van der Waals surface area contributed by atoms with E-state index < -0.39 is 0 Å². The third kappa shape index (κ3) is 5.53. The maximum absolute atomic E-state index is 11.8. The topological polar surface area (TPSA) is 80.2 Å². The van der Waals surface area contributed by atoms with Gasteiger partial charge in [0.15, 0.2) is 18.1 Å². The molecule has 2 rings (SSSR count). The number of hydrogen-bond donors (Lipinski definition) is 2. The Hall–Kier alpha value is -3.02. The van der Waals surface area contributed by atoms with Crippen LogP contribution in [0.2, 0.25) is 0 Å². The number of aromatic hydroxyl groups is 1. The van der Waals surface area contributed by atoms with Crippen molar-refractivity contribution in [2.45, 2.75) is 20.8 Å². The first-order chi connectivity index (χ1) is 12.0. The molecule has 2 aromatic carbocycles. The van der Waals surface area contributed by atoms with Crippen LogP contribution in [0.1, 0.15) is 23.6 Å². The fourth-order valence-corrected chi connectivity index (χ4v) is 2.10. The molecule has 0 unspecified atom stereocenters. The second kappa shape index (κ2) is 8.73. The summed E-state index contributed by atoms with van der Waals surface area (Å²) in [5.41, 5.74) is 5.13. The van der Waals surface area contributed by atoms with E-state index in [-0.39, 0.29) is 18.3 Å². The summed E-state index contributed by atoms with van der Waals surface area (Å²) in [6.45, 7) is 6.04. The predicted octanol–water partition coefficient (Wildman–Crippen LogP) is 2.94. The number of aryl methyl sites for hydroxylation is 2. The number of nitrogens with one attached hydrogen (secondary N) is 1. The summed E-state index contributed by atoms with van der Waals surface area (Å²) < 4.78 is 10.8. The number of nitrogens with zero attached hydrogens (tertiary/aromatic N) is 1. The van der Waals surface area contributed by atoms with Crippen LogP contribution < -0.4 is 14.9 Å². The second-order valence-corrected chi connectivity index (χ2v) is 5.51. The van der Waals surface area contributed by atoms with Gasteiger partial charge in [0, 0.05) is 0 Å². The predicted molar refractivity (Wildman–Crippen MR) is 96.4 cm³/mol. The Kier molecular flexibility index (Phi) is 6.39. The van der Waals surface area contributed by atoms with Gasteiger partial charge in [-0.1, -0.05) is 12.1 Å². The molecule has 0 aliphatic rings. The monoisotopic (exact) mass is 342 g/mol. The van der Waals surface area contributed by atoms with Crippen LogP contribution in [0.3, 0.4) is 0 Å². The molecule has 0 aliphatic carbocycles. The highest BCUT2D eigenvalue weighted by atomic mass is 16.5. The highest BCUT2D eigenvalue weighted by molar-refractivity contribution is 5.83. The van der Waals surface area contributed by atoms with Crippen molar-refractivity contribution < 1.29 is 19.4 Å². The largest absolute Gasteiger partial charge is 0.504 e. The molecule has 0 spiro atoms. The van der Waals surface area contributed by atoms with E-state index in [1.54, 1.807) is 12.1 Å². The Labute approximate surface area is 147 Å². The number of benzene rings is 2. The number of ether oxygens (including phenoxy) is 2. The molecule has 6 nitrogen and oxygen atoms in total. The van der Waals surface area contributed by atoms with Crippen molar-refractivity contribution in [1.82, 2.24) is 5.43 Å². The number of rotatable bonds is 7. The van der Waals surface area contributed by atoms with Crippen molar-refractivity contribution in [3.63, 3.8) is 0 Å². The number of phenolic OH excluding ortho intramolecular Hbond substituents is 1. The highest BCUT2D eigenvalue weighted by Crippen LogP contribution is 2.26. The Bertz CT molecular complexity index is 772. The molecule has 6 heteroatoms. The maximum Gasteiger partial charge on any atom is 0.277 e. The van der Waals surface area contributed by atoms with E-state index in [4.69, 9.17) is 9.47 Å². The normalized spacial score (nSPS) is 10.7. The molecule has 0 atom stereocenters. The molecule has 132 valence electrons. The number of hydrazone groups is 1. The van der Waals surface area contributed by atoms with Gasteiger partial charge in [0.2, 0.25) is 0 Å². The summed E-state index contributed by atoms with van der Waals surface area (Å²) >= 11 is 0. The van der Waals surface area contributed by atoms with E-state index >= 15 is 0 Å². The van der Waals surface area contributed by atoms with Gasteiger partial charge in [0.1, 0.15) is 5.75 Å². The minimum Gasteiger partial charge on any atom is -0.504 e. The molecule has 0 heterocycles. The Morgan fingerprint density at radius 1 is 1.16 bits per heavy atom. The Morgan fingerprint density at radius 3 is 2.72 bits per heavy atom. The number of amides is 1. The lowest BCUT2D eigenvalue weighted by Crippen LogP contribution is -2.24. The van der Waals surface area contributed by atoms with E-state index in [1.165, 1.54) is 12.3 Å². The lowest BCUT2D eigenvalue weighted by molar-refractivity contribution is -0.123. The molecule has 25 heavy (non-hydrogen) atoms. The SMILES string of the molecule is CCOc1cc(/C=N/NC(=O)COc2cc(C)ccc2C)ccc1O. The van der Waals surface area contributed by atoms with Crippen molar-refractivity contribution in [3.8, 4) is 17.2 Å². The third-order valence-corrected chi connectivity index (χ3v) is 3.39. The summed E-state index contributed by atoms with van der Waals surface area (Å²) in [6.07, 6.45) is 1.47. The zero-order valence-electron chi connectivity index (χ0n) is 14.6. The minimum absolute atomic E-state index is 0.0601. The van der Waals surface area contributed by atoms with Crippen molar-refractivity contribution >= 4 is 12.1 Å². The number of carbonyl (C=O) groups excluding carboxylic acids is 1. The molecule has 0 fully saturated rings. The quantitative estimate of drug-likeness (QED) is 0.599. The Morgan fingerprint density at radius 2 is 1.96 bits per heavy atom. The first kappa shape index (κ1) is 18.3. The molecule has 0 saturated carbocycles. The van der Waals surface area contributed by atoms with E-state index in [2.05, 4.69) is 10.5 Å². The second-order valence-electron chi connectivity index (χ2n) is 5.51. The molecule has 2 aromatic rings. The molecular weight excluding hydrogens is 320 g/mol. The average Bonchev–Trinajstić information content (AvgIpc) is 2.59. The van der Waals surface area contributed by atoms with Crippen LogP contribution in [0.15, 0.2) is 41.5 Å². The highest BCUT2D eigenvalue weighted by Gasteiger charge is 2.05. The Balaban J connectivity index is 1.88. The van der Waals surface area contributed by atoms with Gasteiger partial charge in [0.05, 0.1) is 12.8 Å². The zero-order valence-corrected chi connectivity index (χ0v) is 14.6.